The molecular weight excluding hydrogens is 252 g/mol. The van der Waals surface area contributed by atoms with Crippen LogP contribution in [0, 0.1) is 6.92 Å². The van der Waals surface area contributed by atoms with Gasteiger partial charge in [-0.2, -0.15) is 5.10 Å². The molecule has 0 saturated heterocycles. The number of rotatable bonds is 3. The maximum absolute atomic E-state index is 12.1. The number of aromatic amines is 1. The molecular formula is C15H16N4O. The van der Waals surface area contributed by atoms with Gasteiger partial charge in [-0.3, -0.25) is 9.48 Å². The van der Waals surface area contributed by atoms with Gasteiger partial charge in [-0.15, -0.1) is 0 Å². The summed E-state index contributed by atoms with van der Waals surface area (Å²) in [5.41, 5.74) is 3.13. The molecule has 0 aliphatic rings. The number of amides is 1. The number of H-pyrrole nitrogens is 1. The maximum Gasteiger partial charge on any atom is 0.230 e. The average molecular weight is 268 g/mol. The second-order valence-corrected chi connectivity index (χ2v) is 4.87. The summed E-state index contributed by atoms with van der Waals surface area (Å²) in [5, 5.41) is 8.05. The number of hydrogen-bond donors (Lipinski definition) is 2. The van der Waals surface area contributed by atoms with Crippen LogP contribution in [0.1, 0.15) is 11.3 Å². The Morgan fingerprint density at radius 2 is 2.15 bits per heavy atom. The Morgan fingerprint density at radius 3 is 2.90 bits per heavy atom. The Balaban J connectivity index is 1.82. The molecule has 1 amide bonds. The lowest BCUT2D eigenvalue weighted by Gasteiger charge is -2.02. The Bertz CT molecular complexity index is 769. The number of nitrogens with zero attached hydrogens (tertiary/aromatic N) is 2. The molecule has 0 atom stereocenters. The number of aromatic nitrogens is 3. The highest BCUT2D eigenvalue weighted by Gasteiger charge is 2.12. The minimum atomic E-state index is -0.0587. The van der Waals surface area contributed by atoms with Gasteiger partial charge < -0.3 is 10.3 Å². The zero-order valence-corrected chi connectivity index (χ0v) is 11.5. The van der Waals surface area contributed by atoms with Crippen LogP contribution in [0.2, 0.25) is 0 Å². The SMILES string of the molecule is Cc1[nH]c2ccccc2c1CC(=O)Nc1ccn(C)n1. The van der Waals surface area contributed by atoms with E-state index in [1.54, 1.807) is 16.9 Å². The molecule has 0 unspecified atom stereocenters. The second-order valence-electron chi connectivity index (χ2n) is 4.87. The van der Waals surface area contributed by atoms with E-state index in [-0.39, 0.29) is 5.91 Å². The number of para-hydroxylation sites is 1. The predicted octanol–water partition coefficient (Wildman–Crippen LogP) is 2.39. The van der Waals surface area contributed by atoms with Crippen LogP contribution in [-0.4, -0.2) is 20.7 Å². The number of carbonyl (C=O) groups excluding carboxylic acids is 1. The van der Waals surface area contributed by atoms with Crippen LogP contribution in [0.5, 0.6) is 0 Å². The molecule has 20 heavy (non-hydrogen) atoms. The lowest BCUT2D eigenvalue weighted by atomic mass is 10.1. The summed E-state index contributed by atoms with van der Waals surface area (Å²) < 4.78 is 1.66. The Morgan fingerprint density at radius 1 is 1.35 bits per heavy atom. The van der Waals surface area contributed by atoms with Crippen LogP contribution < -0.4 is 5.32 Å². The summed E-state index contributed by atoms with van der Waals surface area (Å²) in [7, 11) is 1.82. The molecule has 0 spiro atoms. The molecule has 5 nitrogen and oxygen atoms in total. The highest BCUT2D eigenvalue weighted by molar-refractivity contribution is 5.95. The summed E-state index contributed by atoms with van der Waals surface area (Å²) >= 11 is 0. The smallest absolute Gasteiger partial charge is 0.230 e. The molecule has 102 valence electrons. The number of carbonyl (C=O) groups is 1. The third-order valence-corrected chi connectivity index (χ3v) is 3.35. The van der Waals surface area contributed by atoms with Gasteiger partial charge in [-0.25, -0.2) is 0 Å². The molecule has 3 aromatic rings. The van der Waals surface area contributed by atoms with Gasteiger partial charge in [0.2, 0.25) is 5.91 Å². The van der Waals surface area contributed by atoms with E-state index in [0.29, 0.717) is 12.2 Å². The number of aryl methyl sites for hydroxylation is 2. The van der Waals surface area contributed by atoms with Gasteiger partial charge in [0.25, 0.3) is 0 Å². The van der Waals surface area contributed by atoms with Crippen molar-refractivity contribution in [2.45, 2.75) is 13.3 Å². The van der Waals surface area contributed by atoms with Gasteiger partial charge in [-0.05, 0) is 18.6 Å². The molecule has 0 fully saturated rings. The van der Waals surface area contributed by atoms with E-state index in [9.17, 15) is 4.79 Å². The number of hydrogen-bond acceptors (Lipinski definition) is 2. The molecule has 1 aromatic carbocycles. The molecule has 0 radical (unpaired) electrons. The fourth-order valence-electron chi connectivity index (χ4n) is 2.39. The Kier molecular flexibility index (Phi) is 3.02. The van der Waals surface area contributed by atoms with Gasteiger partial charge in [0.1, 0.15) is 0 Å². The molecule has 2 N–H and O–H groups in total. The summed E-state index contributed by atoms with van der Waals surface area (Å²) in [6, 6.07) is 9.79. The van der Waals surface area contributed by atoms with E-state index in [1.807, 2.05) is 38.2 Å². The normalized spacial score (nSPS) is 10.9. The topological polar surface area (TPSA) is 62.7 Å². The van der Waals surface area contributed by atoms with E-state index < -0.39 is 0 Å². The van der Waals surface area contributed by atoms with E-state index >= 15 is 0 Å². The van der Waals surface area contributed by atoms with Crippen molar-refractivity contribution in [2.24, 2.45) is 7.05 Å². The zero-order chi connectivity index (χ0) is 14.1. The summed E-state index contributed by atoms with van der Waals surface area (Å²) in [4.78, 5) is 15.4. The average Bonchev–Trinajstić information content (AvgIpc) is 2.94. The molecule has 0 bridgehead atoms. The quantitative estimate of drug-likeness (QED) is 0.766. The van der Waals surface area contributed by atoms with Crippen LogP contribution in [0.3, 0.4) is 0 Å². The van der Waals surface area contributed by atoms with Gasteiger partial charge in [0.05, 0.1) is 6.42 Å². The first-order chi connectivity index (χ1) is 9.63. The lowest BCUT2D eigenvalue weighted by Crippen LogP contribution is -2.15. The van der Waals surface area contributed by atoms with Crippen LogP contribution >= 0.6 is 0 Å². The monoisotopic (exact) mass is 268 g/mol. The number of anilines is 1. The van der Waals surface area contributed by atoms with Gasteiger partial charge in [-0.1, -0.05) is 18.2 Å². The maximum atomic E-state index is 12.1. The number of nitrogens with one attached hydrogen (secondary N) is 2. The van der Waals surface area contributed by atoms with Gasteiger partial charge in [0, 0.05) is 35.9 Å². The molecule has 0 saturated carbocycles. The van der Waals surface area contributed by atoms with E-state index in [2.05, 4.69) is 15.4 Å². The van der Waals surface area contributed by atoms with Crippen molar-refractivity contribution in [2.75, 3.05) is 5.32 Å². The predicted molar refractivity (Wildman–Crippen MR) is 78.6 cm³/mol. The van der Waals surface area contributed by atoms with Crippen LogP contribution in [0.4, 0.5) is 5.82 Å². The van der Waals surface area contributed by atoms with Crippen molar-refractivity contribution in [1.82, 2.24) is 14.8 Å². The van der Waals surface area contributed by atoms with Gasteiger partial charge >= 0.3 is 0 Å². The molecule has 0 aliphatic heterocycles. The largest absolute Gasteiger partial charge is 0.358 e. The van der Waals surface area contributed by atoms with Crippen molar-refractivity contribution < 1.29 is 4.79 Å². The van der Waals surface area contributed by atoms with E-state index in [0.717, 1.165) is 22.2 Å². The minimum absolute atomic E-state index is 0.0587. The van der Waals surface area contributed by atoms with E-state index in [1.165, 1.54) is 0 Å². The number of benzene rings is 1. The van der Waals surface area contributed by atoms with Crippen molar-refractivity contribution in [3.63, 3.8) is 0 Å². The van der Waals surface area contributed by atoms with E-state index in [4.69, 9.17) is 0 Å². The molecule has 5 heteroatoms. The first kappa shape index (κ1) is 12.5. The molecule has 2 aromatic heterocycles. The highest BCUT2D eigenvalue weighted by Crippen LogP contribution is 2.22. The minimum Gasteiger partial charge on any atom is -0.358 e. The van der Waals surface area contributed by atoms with Crippen LogP contribution in [-0.2, 0) is 18.3 Å². The van der Waals surface area contributed by atoms with Crippen LogP contribution in [0.15, 0.2) is 36.5 Å². The highest BCUT2D eigenvalue weighted by atomic mass is 16.1. The van der Waals surface area contributed by atoms with Crippen molar-refractivity contribution in [3.8, 4) is 0 Å². The standard InChI is InChI=1S/C15H16N4O/c1-10-12(11-5-3-4-6-13(11)16-10)9-15(20)17-14-7-8-19(2)18-14/h3-8,16H,9H2,1-2H3,(H,17,18,20). The van der Waals surface area contributed by atoms with Crippen molar-refractivity contribution in [3.05, 3.63) is 47.8 Å². The Hall–Kier alpha value is -2.56. The third-order valence-electron chi connectivity index (χ3n) is 3.35. The second kappa shape index (κ2) is 4.85. The fourth-order valence-corrected chi connectivity index (χ4v) is 2.39. The first-order valence-electron chi connectivity index (χ1n) is 6.49. The first-order valence-corrected chi connectivity index (χ1v) is 6.49. The zero-order valence-electron chi connectivity index (χ0n) is 11.5. The summed E-state index contributed by atoms with van der Waals surface area (Å²) in [6.07, 6.45) is 2.14. The van der Waals surface area contributed by atoms with Crippen LogP contribution in [0.25, 0.3) is 10.9 Å². The van der Waals surface area contributed by atoms with Crippen molar-refractivity contribution in [1.29, 1.82) is 0 Å². The fraction of sp³-hybridized carbons (Fsp3) is 0.200. The van der Waals surface area contributed by atoms with Crippen molar-refractivity contribution >= 4 is 22.6 Å². The molecule has 3 rings (SSSR count). The molecule has 2 heterocycles. The summed E-state index contributed by atoms with van der Waals surface area (Å²) in [6.45, 7) is 1.99. The number of fused-ring (bicyclic) bond motifs is 1. The Labute approximate surface area is 116 Å². The lowest BCUT2D eigenvalue weighted by molar-refractivity contribution is -0.115. The van der Waals surface area contributed by atoms with Gasteiger partial charge in [0.15, 0.2) is 5.82 Å². The molecule has 0 aliphatic carbocycles. The summed E-state index contributed by atoms with van der Waals surface area (Å²) in [5.74, 6) is 0.520. The third kappa shape index (κ3) is 2.30.